The Bertz CT molecular complexity index is 531. The summed E-state index contributed by atoms with van der Waals surface area (Å²) in [5, 5.41) is 14.5. The van der Waals surface area contributed by atoms with Gasteiger partial charge in [-0.05, 0) is 37.5 Å². The molecular formula is C15H18F2N2O2. The fourth-order valence-electron chi connectivity index (χ4n) is 2.40. The molecule has 0 saturated heterocycles. The average molecular weight is 296 g/mol. The van der Waals surface area contributed by atoms with E-state index in [4.69, 9.17) is 5.21 Å². The minimum absolute atomic E-state index is 0.215. The van der Waals surface area contributed by atoms with Crippen molar-refractivity contribution in [3.05, 3.63) is 29.8 Å². The van der Waals surface area contributed by atoms with Crippen molar-refractivity contribution in [2.45, 2.75) is 38.5 Å². The van der Waals surface area contributed by atoms with Crippen LogP contribution in [0.3, 0.4) is 0 Å². The minimum atomic E-state index is -2.63. The van der Waals surface area contributed by atoms with Crippen molar-refractivity contribution < 1.29 is 18.8 Å². The second-order valence-electron chi connectivity index (χ2n) is 5.38. The molecule has 1 aromatic carbocycles. The van der Waals surface area contributed by atoms with Gasteiger partial charge in [-0.2, -0.15) is 0 Å². The molecule has 21 heavy (non-hydrogen) atoms. The van der Waals surface area contributed by atoms with E-state index in [0.717, 1.165) is 5.56 Å². The molecule has 0 unspecified atom stereocenters. The summed E-state index contributed by atoms with van der Waals surface area (Å²) in [4.78, 5) is 12.0. The molecule has 1 amide bonds. The van der Waals surface area contributed by atoms with Gasteiger partial charge in [-0.15, -0.1) is 0 Å². The largest absolute Gasteiger partial charge is 0.411 e. The van der Waals surface area contributed by atoms with Crippen molar-refractivity contribution in [2.24, 2.45) is 11.1 Å². The van der Waals surface area contributed by atoms with E-state index in [1.165, 1.54) is 0 Å². The first-order chi connectivity index (χ1) is 9.91. The highest BCUT2D eigenvalue weighted by Gasteiger charge is 2.37. The zero-order chi connectivity index (χ0) is 15.5. The van der Waals surface area contributed by atoms with E-state index >= 15 is 0 Å². The number of hydrogen-bond acceptors (Lipinski definition) is 3. The lowest BCUT2D eigenvalue weighted by molar-refractivity contribution is -0.124. The van der Waals surface area contributed by atoms with Crippen molar-refractivity contribution >= 4 is 17.3 Å². The number of nitrogens with one attached hydrogen (secondary N) is 1. The molecule has 1 aliphatic rings. The Labute approximate surface area is 121 Å². The predicted octanol–water partition coefficient (Wildman–Crippen LogP) is 3.65. The molecule has 6 heteroatoms. The number of hydrogen-bond donors (Lipinski definition) is 2. The fraction of sp³-hybridized carbons (Fsp3) is 0.467. The van der Waals surface area contributed by atoms with Crippen LogP contribution in [-0.4, -0.2) is 22.7 Å². The summed E-state index contributed by atoms with van der Waals surface area (Å²) >= 11 is 0. The number of halogens is 2. The molecule has 0 radical (unpaired) electrons. The van der Waals surface area contributed by atoms with Crippen molar-refractivity contribution in [3.63, 3.8) is 0 Å². The Balaban J connectivity index is 1.94. The number of carbonyl (C=O) groups is 1. The summed E-state index contributed by atoms with van der Waals surface area (Å²) in [6, 6.07) is 6.83. The normalized spacial score (nSPS) is 19.3. The summed E-state index contributed by atoms with van der Waals surface area (Å²) in [7, 11) is 0. The minimum Gasteiger partial charge on any atom is -0.411 e. The Morgan fingerprint density at radius 2 is 1.86 bits per heavy atom. The summed E-state index contributed by atoms with van der Waals surface area (Å²) in [5.41, 5.74) is 1.82. The van der Waals surface area contributed by atoms with Crippen LogP contribution < -0.4 is 5.32 Å². The van der Waals surface area contributed by atoms with E-state index in [-0.39, 0.29) is 37.5 Å². The van der Waals surface area contributed by atoms with E-state index in [2.05, 4.69) is 10.5 Å². The number of carbonyl (C=O) groups excluding carboxylic acids is 1. The van der Waals surface area contributed by atoms with Gasteiger partial charge in [0.25, 0.3) is 0 Å². The summed E-state index contributed by atoms with van der Waals surface area (Å²) in [6.07, 6.45) is -0.0211. The zero-order valence-corrected chi connectivity index (χ0v) is 11.8. The number of rotatable bonds is 3. The van der Waals surface area contributed by atoms with Gasteiger partial charge in [-0.3, -0.25) is 4.79 Å². The Morgan fingerprint density at radius 3 is 2.38 bits per heavy atom. The Morgan fingerprint density at radius 1 is 1.29 bits per heavy atom. The van der Waals surface area contributed by atoms with Gasteiger partial charge in [0, 0.05) is 24.4 Å². The van der Waals surface area contributed by atoms with Gasteiger partial charge in [-0.1, -0.05) is 17.3 Å². The molecule has 0 aromatic heterocycles. The highest BCUT2D eigenvalue weighted by atomic mass is 19.3. The van der Waals surface area contributed by atoms with Crippen LogP contribution >= 0.6 is 0 Å². The molecule has 4 nitrogen and oxygen atoms in total. The molecular weight excluding hydrogens is 278 g/mol. The Kier molecular flexibility index (Phi) is 4.55. The molecule has 114 valence electrons. The van der Waals surface area contributed by atoms with E-state index in [1.54, 1.807) is 31.2 Å². The van der Waals surface area contributed by atoms with Gasteiger partial charge in [0.2, 0.25) is 11.8 Å². The second-order valence-corrected chi connectivity index (χ2v) is 5.38. The smallest absolute Gasteiger partial charge is 0.248 e. The van der Waals surface area contributed by atoms with E-state index in [9.17, 15) is 13.6 Å². The van der Waals surface area contributed by atoms with Crippen molar-refractivity contribution in [3.8, 4) is 0 Å². The molecule has 1 fully saturated rings. The Hall–Kier alpha value is -1.98. The topological polar surface area (TPSA) is 61.7 Å². The molecule has 2 rings (SSSR count). The molecule has 0 heterocycles. The maximum Gasteiger partial charge on any atom is 0.248 e. The van der Waals surface area contributed by atoms with Gasteiger partial charge >= 0.3 is 0 Å². The standard InChI is InChI=1S/C15H18F2N2O2/c1-10(19-21)11-2-4-13(5-3-11)18-14(20)12-6-8-15(16,17)9-7-12/h2-5,12,21H,6-9H2,1H3,(H,18,20)/b19-10-. The van der Waals surface area contributed by atoms with Gasteiger partial charge in [0.05, 0.1) is 5.71 Å². The first kappa shape index (κ1) is 15.4. The summed E-state index contributed by atoms with van der Waals surface area (Å²) in [6.45, 7) is 1.66. The number of oxime groups is 1. The first-order valence-corrected chi connectivity index (χ1v) is 6.89. The highest BCUT2D eigenvalue weighted by molar-refractivity contribution is 5.99. The van der Waals surface area contributed by atoms with Crippen molar-refractivity contribution in [2.75, 3.05) is 5.32 Å². The third-order valence-corrected chi connectivity index (χ3v) is 3.81. The number of alkyl halides is 2. The zero-order valence-electron chi connectivity index (χ0n) is 11.8. The number of anilines is 1. The van der Waals surface area contributed by atoms with Gasteiger partial charge < -0.3 is 10.5 Å². The van der Waals surface area contributed by atoms with Crippen LogP contribution in [-0.2, 0) is 4.79 Å². The van der Waals surface area contributed by atoms with Gasteiger partial charge in [-0.25, -0.2) is 8.78 Å². The third kappa shape index (κ3) is 4.00. The van der Waals surface area contributed by atoms with E-state index < -0.39 is 5.92 Å². The quantitative estimate of drug-likeness (QED) is 0.508. The molecule has 1 aliphatic carbocycles. The molecule has 0 spiro atoms. The van der Waals surface area contributed by atoms with Crippen LogP contribution in [0.4, 0.5) is 14.5 Å². The molecule has 2 N–H and O–H groups in total. The first-order valence-electron chi connectivity index (χ1n) is 6.89. The monoisotopic (exact) mass is 296 g/mol. The fourth-order valence-corrected chi connectivity index (χ4v) is 2.40. The lowest BCUT2D eigenvalue weighted by atomic mass is 9.86. The maximum absolute atomic E-state index is 13.1. The lowest BCUT2D eigenvalue weighted by Crippen LogP contribution is -2.31. The molecule has 0 atom stereocenters. The number of nitrogens with zero attached hydrogens (tertiary/aromatic N) is 1. The average Bonchev–Trinajstić information content (AvgIpc) is 2.47. The van der Waals surface area contributed by atoms with Crippen LogP contribution in [0.15, 0.2) is 29.4 Å². The van der Waals surface area contributed by atoms with Crippen molar-refractivity contribution in [1.29, 1.82) is 0 Å². The summed E-state index contributed by atoms with van der Waals surface area (Å²) < 4.78 is 26.1. The highest BCUT2D eigenvalue weighted by Crippen LogP contribution is 2.36. The number of benzene rings is 1. The van der Waals surface area contributed by atoms with Crippen LogP contribution in [0.5, 0.6) is 0 Å². The van der Waals surface area contributed by atoms with Gasteiger partial charge in [0.15, 0.2) is 0 Å². The van der Waals surface area contributed by atoms with Gasteiger partial charge in [0.1, 0.15) is 0 Å². The molecule has 0 bridgehead atoms. The second kappa shape index (κ2) is 6.20. The maximum atomic E-state index is 13.1. The lowest BCUT2D eigenvalue weighted by Gasteiger charge is -2.27. The molecule has 0 aliphatic heterocycles. The van der Waals surface area contributed by atoms with Crippen LogP contribution in [0.2, 0.25) is 0 Å². The predicted molar refractivity (Wildman–Crippen MR) is 76.0 cm³/mol. The van der Waals surface area contributed by atoms with Crippen LogP contribution in [0.1, 0.15) is 38.2 Å². The summed E-state index contributed by atoms with van der Waals surface area (Å²) in [5.74, 6) is -3.20. The number of amides is 1. The van der Waals surface area contributed by atoms with Crippen LogP contribution in [0, 0.1) is 5.92 Å². The van der Waals surface area contributed by atoms with Crippen molar-refractivity contribution in [1.82, 2.24) is 0 Å². The molecule has 1 aromatic rings. The SMILES string of the molecule is C/C(=N/O)c1ccc(NC(=O)C2CCC(F)(F)CC2)cc1. The van der Waals surface area contributed by atoms with E-state index in [0.29, 0.717) is 11.4 Å². The van der Waals surface area contributed by atoms with E-state index in [1.807, 2.05) is 0 Å². The van der Waals surface area contributed by atoms with Crippen LogP contribution in [0.25, 0.3) is 0 Å². The molecule has 1 saturated carbocycles. The third-order valence-electron chi connectivity index (χ3n) is 3.81.